The fraction of sp³-hybridized carbons (Fsp3) is 0.808. The summed E-state index contributed by atoms with van der Waals surface area (Å²) in [6, 6.07) is 0. The van der Waals surface area contributed by atoms with Gasteiger partial charge < -0.3 is 39.9 Å². The molecule has 13 nitrogen and oxygen atoms in total. The van der Waals surface area contributed by atoms with Crippen molar-refractivity contribution in [2.45, 2.75) is 256 Å². The van der Waals surface area contributed by atoms with Gasteiger partial charge >= 0.3 is 19.8 Å². The number of aliphatic hydroxyl groups excluding tert-OH is 5. The van der Waals surface area contributed by atoms with E-state index in [1.54, 1.807) is 0 Å². The highest BCUT2D eigenvalue weighted by Gasteiger charge is 2.51. The number of aliphatic hydroxyl groups is 5. The van der Waals surface area contributed by atoms with Crippen molar-refractivity contribution in [1.29, 1.82) is 0 Å². The number of allylic oxidation sites excluding steroid dienone is 8. The van der Waals surface area contributed by atoms with Crippen molar-refractivity contribution in [3.63, 3.8) is 0 Å². The van der Waals surface area contributed by atoms with Gasteiger partial charge in [0.15, 0.2) is 6.10 Å². The Morgan fingerprint density at radius 2 is 0.818 bits per heavy atom. The molecule has 1 rings (SSSR count). The van der Waals surface area contributed by atoms with Gasteiger partial charge in [-0.05, 0) is 57.8 Å². The predicted molar refractivity (Wildman–Crippen MR) is 263 cm³/mol. The molecule has 0 heterocycles. The van der Waals surface area contributed by atoms with Crippen molar-refractivity contribution in [2.24, 2.45) is 0 Å². The second-order valence-corrected chi connectivity index (χ2v) is 19.4. The van der Waals surface area contributed by atoms with E-state index < -0.39 is 75.7 Å². The number of phosphoric ester groups is 1. The first-order valence-electron chi connectivity index (χ1n) is 25.9. The van der Waals surface area contributed by atoms with Crippen LogP contribution >= 0.6 is 7.82 Å². The van der Waals surface area contributed by atoms with Crippen molar-refractivity contribution in [1.82, 2.24) is 0 Å². The van der Waals surface area contributed by atoms with Crippen LogP contribution in [0.5, 0.6) is 0 Å². The van der Waals surface area contributed by atoms with Crippen LogP contribution in [0.4, 0.5) is 0 Å². The lowest BCUT2D eigenvalue weighted by Gasteiger charge is -2.41. The van der Waals surface area contributed by atoms with E-state index in [-0.39, 0.29) is 12.8 Å². The minimum atomic E-state index is -5.13. The van der Waals surface area contributed by atoms with Crippen molar-refractivity contribution in [2.75, 3.05) is 13.2 Å². The zero-order valence-corrected chi connectivity index (χ0v) is 41.9. The van der Waals surface area contributed by atoms with E-state index in [1.807, 2.05) is 0 Å². The maximum absolute atomic E-state index is 12.8. The van der Waals surface area contributed by atoms with Crippen molar-refractivity contribution >= 4 is 19.8 Å². The summed E-state index contributed by atoms with van der Waals surface area (Å²) in [6.07, 6.45) is 37.3. The molecule has 1 aliphatic rings. The quantitative estimate of drug-likeness (QED) is 0.0146. The van der Waals surface area contributed by atoms with Crippen LogP contribution in [0.25, 0.3) is 0 Å². The molecule has 0 aliphatic heterocycles. The highest BCUT2D eigenvalue weighted by atomic mass is 31.2. The van der Waals surface area contributed by atoms with Crippen molar-refractivity contribution in [3.05, 3.63) is 48.6 Å². The van der Waals surface area contributed by atoms with Crippen LogP contribution in [0.2, 0.25) is 0 Å². The van der Waals surface area contributed by atoms with Crippen LogP contribution < -0.4 is 0 Å². The van der Waals surface area contributed by atoms with Gasteiger partial charge in [-0.3, -0.25) is 18.6 Å². The average Bonchev–Trinajstić information content (AvgIpc) is 3.30. The summed E-state index contributed by atoms with van der Waals surface area (Å²) < 4.78 is 33.6. The second-order valence-electron chi connectivity index (χ2n) is 18.0. The molecule has 0 bridgehead atoms. The third-order valence-electron chi connectivity index (χ3n) is 11.9. The van der Waals surface area contributed by atoms with E-state index in [1.165, 1.54) is 109 Å². The first kappa shape index (κ1) is 61.8. The van der Waals surface area contributed by atoms with Crippen LogP contribution in [-0.4, -0.2) is 98.3 Å². The molecule has 1 saturated carbocycles. The summed E-state index contributed by atoms with van der Waals surface area (Å²) in [5.41, 5.74) is 0. The van der Waals surface area contributed by atoms with E-state index in [4.69, 9.17) is 18.5 Å². The Morgan fingerprint density at radius 3 is 1.27 bits per heavy atom. The Kier molecular flexibility index (Phi) is 39.1. The molecule has 0 radical (unpaired) electrons. The number of phosphoric acid groups is 1. The SMILES string of the molecule is CCCCC/C=C\C/C=C\C/C=C\C/C=C\CCCCCC(=O)O[C@H](COC(=O)CCCCCCCCCCCCCCCCCCCC)COP(=O)(O)OC1C(O)C(O)C(O)[C@@H](O)C1O. The summed E-state index contributed by atoms with van der Waals surface area (Å²) in [5, 5.41) is 50.3. The third kappa shape index (κ3) is 33.3. The van der Waals surface area contributed by atoms with Gasteiger partial charge in [0.1, 0.15) is 43.2 Å². The zero-order valence-electron chi connectivity index (χ0n) is 41.0. The fourth-order valence-corrected chi connectivity index (χ4v) is 8.71. The average molecular weight is 957 g/mol. The lowest BCUT2D eigenvalue weighted by molar-refractivity contribution is -0.220. The molecule has 384 valence electrons. The Bertz CT molecular complexity index is 1340. The minimum absolute atomic E-state index is 0.0597. The van der Waals surface area contributed by atoms with E-state index in [0.29, 0.717) is 12.8 Å². The van der Waals surface area contributed by atoms with Gasteiger partial charge in [-0.25, -0.2) is 4.57 Å². The van der Waals surface area contributed by atoms with Gasteiger partial charge in [0, 0.05) is 12.8 Å². The Labute approximate surface area is 399 Å². The molecule has 0 aromatic heterocycles. The molecule has 6 unspecified atom stereocenters. The maximum Gasteiger partial charge on any atom is 0.472 e. The summed E-state index contributed by atoms with van der Waals surface area (Å²) in [6.45, 7) is 3.27. The van der Waals surface area contributed by atoms with E-state index in [0.717, 1.165) is 64.2 Å². The number of ether oxygens (including phenoxy) is 2. The Balaban J connectivity index is 2.43. The number of unbranched alkanes of at least 4 members (excludes halogenated alkanes) is 23. The van der Waals surface area contributed by atoms with E-state index in [9.17, 15) is 44.6 Å². The van der Waals surface area contributed by atoms with Gasteiger partial charge in [-0.2, -0.15) is 0 Å². The minimum Gasteiger partial charge on any atom is -0.462 e. The van der Waals surface area contributed by atoms with Crippen LogP contribution in [-0.2, 0) is 32.7 Å². The zero-order chi connectivity index (χ0) is 48.5. The van der Waals surface area contributed by atoms with E-state index >= 15 is 0 Å². The number of esters is 2. The molecule has 0 aromatic rings. The topological polar surface area (TPSA) is 210 Å². The molecule has 0 saturated heterocycles. The number of hydrogen-bond acceptors (Lipinski definition) is 12. The molecule has 6 N–H and O–H groups in total. The number of hydrogen-bond donors (Lipinski definition) is 6. The van der Waals surface area contributed by atoms with E-state index in [2.05, 4.69) is 62.5 Å². The van der Waals surface area contributed by atoms with Crippen molar-refractivity contribution in [3.8, 4) is 0 Å². The standard InChI is InChI=1S/C52H93O13P/c1-3-5-7-9-11-13-15-17-19-21-23-25-27-29-31-33-35-37-39-41-46(54)64-44(43-63-66(60,61)65-52-50(58)48(56)47(55)49(57)51(52)59)42-62-45(53)40-38-36-34-32-30-28-26-24-22-20-18-16-14-12-10-8-6-4-2/h11,13,17,19,23,25,29,31,44,47-52,55-59H,3-10,12,14-16,18,20-22,24,26-28,30,32-43H2,1-2H3,(H,60,61)/b13-11-,19-17-,25-23-,31-29-/t44-,47?,48-,49?,50?,51?,52?/m1/s1. The largest absolute Gasteiger partial charge is 0.472 e. The molecule has 1 fully saturated rings. The number of carbonyl (C=O) groups is 2. The van der Waals surface area contributed by atoms with Gasteiger partial charge in [0.25, 0.3) is 0 Å². The lowest BCUT2D eigenvalue weighted by Crippen LogP contribution is -2.64. The fourth-order valence-electron chi connectivity index (χ4n) is 7.74. The summed E-state index contributed by atoms with van der Waals surface area (Å²) >= 11 is 0. The molecular formula is C52H93O13P. The first-order chi connectivity index (χ1) is 31.9. The van der Waals surface area contributed by atoms with Crippen LogP contribution in [0.1, 0.15) is 213 Å². The number of carbonyl (C=O) groups excluding carboxylic acids is 2. The molecular weight excluding hydrogens is 864 g/mol. The van der Waals surface area contributed by atoms with Gasteiger partial charge in [0.2, 0.25) is 0 Å². The molecule has 0 amide bonds. The van der Waals surface area contributed by atoms with Gasteiger partial charge in [-0.15, -0.1) is 0 Å². The highest BCUT2D eigenvalue weighted by Crippen LogP contribution is 2.47. The highest BCUT2D eigenvalue weighted by molar-refractivity contribution is 7.47. The number of rotatable bonds is 43. The van der Waals surface area contributed by atoms with Crippen LogP contribution in [0.15, 0.2) is 48.6 Å². The van der Waals surface area contributed by atoms with Gasteiger partial charge in [-0.1, -0.05) is 191 Å². The Hall–Kier alpha value is -2.19. The molecule has 66 heavy (non-hydrogen) atoms. The third-order valence-corrected chi connectivity index (χ3v) is 12.9. The molecule has 0 aromatic carbocycles. The lowest BCUT2D eigenvalue weighted by atomic mass is 9.85. The predicted octanol–water partition coefficient (Wildman–Crippen LogP) is 11.1. The van der Waals surface area contributed by atoms with Crippen LogP contribution in [0.3, 0.4) is 0 Å². The van der Waals surface area contributed by atoms with Crippen molar-refractivity contribution < 1.29 is 63.1 Å². The second kappa shape index (κ2) is 41.8. The monoisotopic (exact) mass is 957 g/mol. The first-order valence-corrected chi connectivity index (χ1v) is 27.4. The summed E-state index contributed by atoms with van der Waals surface area (Å²) in [7, 11) is -5.13. The normalized spacial score (nSPS) is 21.6. The molecule has 8 atom stereocenters. The molecule has 1 aliphatic carbocycles. The Morgan fingerprint density at radius 1 is 0.470 bits per heavy atom. The smallest absolute Gasteiger partial charge is 0.462 e. The van der Waals surface area contributed by atoms with Gasteiger partial charge in [0.05, 0.1) is 6.61 Å². The maximum atomic E-state index is 12.8. The molecule has 14 heteroatoms. The molecule has 0 spiro atoms. The summed E-state index contributed by atoms with van der Waals surface area (Å²) in [5.74, 6) is -1.13. The van der Waals surface area contributed by atoms with Crippen LogP contribution in [0, 0.1) is 0 Å². The summed E-state index contributed by atoms with van der Waals surface area (Å²) in [4.78, 5) is 35.8.